The Morgan fingerprint density at radius 1 is 1.26 bits per heavy atom. The first-order valence-corrected chi connectivity index (χ1v) is 7.46. The molecule has 0 aliphatic heterocycles. The van der Waals surface area contributed by atoms with Gasteiger partial charge in [0.1, 0.15) is 11.6 Å². The maximum Gasteiger partial charge on any atom is 0.146 e. The summed E-state index contributed by atoms with van der Waals surface area (Å²) in [6.07, 6.45) is 4.36. The molecule has 4 atom stereocenters. The van der Waals surface area contributed by atoms with E-state index in [0.29, 0.717) is 19.1 Å². The maximum absolute atomic E-state index is 5.77. The van der Waals surface area contributed by atoms with Gasteiger partial charge < -0.3 is 15.0 Å². The summed E-state index contributed by atoms with van der Waals surface area (Å²) in [4.78, 5) is 0. The van der Waals surface area contributed by atoms with Crippen LogP contribution in [0.1, 0.15) is 36.8 Å². The van der Waals surface area contributed by atoms with Crippen LogP contribution in [0, 0.1) is 23.7 Å². The lowest BCUT2D eigenvalue weighted by Crippen LogP contribution is -2.15. The molecule has 3 saturated carbocycles. The van der Waals surface area contributed by atoms with Crippen LogP contribution in [-0.2, 0) is 17.8 Å². The van der Waals surface area contributed by atoms with Gasteiger partial charge in [-0.2, -0.15) is 0 Å². The third-order valence-corrected chi connectivity index (χ3v) is 5.59. The van der Waals surface area contributed by atoms with Crippen LogP contribution in [0.3, 0.4) is 0 Å². The van der Waals surface area contributed by atoms with Crippen molar-refractivity contribution < 1.29 is 4.74 Å². The summed E-state index contributed by atoms with van der Waals surface area (Å²) < 4.78 is 7.42. The third kappa shape index (κ3) is 1.61. The maximum atomic E-state index is 5.77. The molecule has 3 fully saturated rings. The average molecular weight is 262 g/mol. The van der Waals surface area contributed by atoms with Crippen molar-refractivity contribution in [3.8, 4) is 0 Å². The molecule has 3 aliphatic carbocycles. The van der Waals surface area contributed by atoms with E-state index in [1.165, 1.54) is 25.1 Å². The van der Waals surface area contributed by atoms with Crippen molar-refractivity contribution in [1.82, 2.24) is 14.8 Å². The van der Waals surface area contributed by atoms with E-state index in [-0.39, 0.29) is 0 Å². The van der Waals surface area contributed by atoms with Gasteiger partial charge in [-0.25, -0.2) is 0 Å². The van der Waals surface area contributed by atoms with Crippen LogP contribution in [0.2, 0.25) is 0 Å². The second-order valence-electron chi connectivity index (χ2n) is 6.34. The van der Waals surface area contributed by atoms with E-state index in [0.717, 1.165) is 36.0 Å². The van der Waals surface area contributed by atoms with Crippen LogP contribution in [0.25, 0.3) is 0 Å². The average Bonchev–Trinajstić information content (AvgIpc) is 2.82. The molecule has 1 heterocycles. The summed E-state index contributed by atoms with van der Waals surface area (Å²) in [5, 5.41) is 8.74. The quantitative estimate of drug-likeness (QED) is 0.864. The van der Waals surface area contributed by atoms with Gasteiger partial charge in [0.25, 0.3) is 0 Å². The summed E-state index contributed by atoms with van der Waals surface area (Å²) >= 11 is 0. The highest BCUT2D eigenvalue weighted by Crippen LogP contribution is 2.72. The summed E-state index contributed by atoms with van der Waals surface area (Å²) in [6.45, 7) is 2.00. The number of rotatable bonds is 5. The van der Waals surface area contributed by atoms with Crippen LogP contribution in [0.4, 0.5) is 0 Å². The van der Waals surface area contributed by atoms with Gasteiger partial charge in [0.2, 0.25) is 0 Å². The van der Waals surface area contributed by atoms with E-state index in [9.17, 15) is 0 Å². The van der Waals surface area contributed by atoms with Crippen molar-refractivity contribution in [3.05, 3.63) is 11.6 Å². The molecule has 19 heavy (non-hydrogen) atoms. The summed E-state index contributed by atoms with van der Waals surface area (Å²) in [5.41, 5.74) is 5.77. The van der Waals surface area contributed by atoms with Gasteiger partial charge in [-0.3, -0.25) is 0 Å². The first-order valence-electron chi connectivity index (χ1n) is 7.46. The monoisotopic (exact) mass is 262 g/mol. The summed E-state index contributed by atoms with van der Waals surface area (Å²) in [5.74, 6) is 6.48. The second-order valence-corrected chi connectivity index (χ2v) is 6.34. The van der Waals surface area contributed by atoms with Crippen LogP contribution >= 0.6 is 0 Å². The zero-order chi connectivity index (χ0) is 13.0. The van der Waals surface area contributed by atoms with E-state index in [1.54, 1.807) is 7.11 Å². The van der Waals surface area contributed by atoms with Crippen molar-refractivity contribution in [2.45, 2.75) is 38.3 Å². The number of nitrogens with zero attached hydrogens (tertiary/aromatic N) is 3. The van der Waals surface area contributed by atoms with Gasteiger partial charge in [-0.1, -0.05) is 0 Å². The molecule has 1 aromatic rings. The molecule has 0 spiro atoms. The van der Waals surface area contributed by atoms with Crippen LogP contribution in [0.5, 0.6) is 0 Å². The van der Waals surface area contributed by atoms with Crippen LogP contribution in [-0.4, -0.2) is 28.5 Å². The molecule has 0 amide bonds. The molecule has 3 aliphatic rings. The first-order chi connectivity index (χ1) is 9.35. The molecule has 104 valence electrons. The number of hydrogen-bond acceptors (Lipinski definition) is 4. The Hall–Kier alpha value is -0.940. The van der Waals surface area contributed by atoms with Crippen molar-refractivity contribution in [2.75, 3.05) is 13.7 Å². The van der Waals surface area contributed by atoms with Gasteiger partial charge in [-0.15, -0.1) is 10.2 Å². The molecular formula is C14H22N4O. The minimum absolute atomic E-state index is 0.464. The Morgan fingerprint density at radius 3 is 2.63 bits per heavy atom. The topological polar surface area (TPSA) is 66.0 Å². The lowest BCUT2D eigenvalue weighted by Gasteiger charge is -2.12. The highest BCUT2D eigenvalue weighted by Gasteiger charge is 2.66. The zero-order valence-electron chi connectivity index (χ0n) is 11.5. The fourth-order valence-electron chi connectivity index (χ4n) is 4.84. The molecule has 1 aromatic heterocycles. The fourth-order valence-corrected chi connectivity index (χ4v) is 4.84. The van der Waals surface area contributed by atoms with Crippen molar-refractivity contribution in [3.63, 3.8) is 0 Å². The minimum atomic E-state index is 0.464. The van der Waals surface area contributed by atoms with E-state index in [2.05, 4.69) is 14.8 Å². The molecule has 2 N–H and O–H groups in total. The predicted octanol–water partition coefficient (Wildman–Crippen LogP) is 1.14. The number of nitrogens with two attached hydrogens (primary N) is 1. The number of aromatic nitrogens is 3. The standard InChI is InChI=1S/C14H22N4O/c1-19-5-4-18-10(7-15)16-17-14(18)13-11-8-2-3-9(6-8)12(11)13/h8-9,11-13H,2-7,15H2,1H3. The molecule has 4 rings (SSSR count). The fraction of sp³-hybridized carbons (Fsp3) is 0.857. The Kier molecular flexibility index (Phi) is 2.67. The molecule has 5 nitrogen and oxygen atoms in total. The number of ether oxygens (including phenoxy) is 1. The van der Waals surface area contributed by atoms with E-state index < -0.39 is 0 Å². The number of methoxy groups -OCH3 is 1. The van der Waals surface area contributed by atoms with Crippen LogP contribution in [0.15, 0.2) is 0 Å². The van der Waals surface area contributed by atoms with E-state index in [1.807, 2.05) is 0 Å². The SMILES string of the molecule is COCCn1c(CN)nnc1C1C2C3CCC(C3)C12. The molecule has 2 bridgehead atoms. The predicted molar refractivity (Wildman–Crippen MR) is 70.3 cm³/mol. The molecule has 0 aromatic carbocycles. The van der Waals surface area contributed by atoms with Crippen molar-refractivity contribution >= 4 is 0 Å². The Labute approximate surface area is 113 Å². The molecule has 0 saturated heterocycles. The number of hydrogen-bond donors (Lipinski definition) is 1. The summed E-state index contributed by atoms with van der Waals surface area (Å²) in [6, 6.07) is 0. The smallest absolute Gasteiger partial charge is 0.146 e. The van der Waals surface area contributed by atoms with E-state index in [4.69, 9.17) is 10.5 Å². The highest BCUT2D eigenvalue weighted by molar-refractivity contribution is 5.25. The Morgan fingerprint density at radius 2 is 2.00 bits per heavy atom. The van der Waals surface area contributed by atoms with Gasteiger partial charge >= 0.3 is 0 Å². The van der Waals surface area contributed by atoms with Gasteiger partial charge in [0, 0.05) is 19.6 Å². The molecule has 0 radical (unpaired) electrons. The van der Waals surface area contributed by atoms with Crippen LogP contribution < -0.4 is 5.73 Å². The largest absolute Gasteiger partial charge is 0.383 e. The van der Waals surface area contributed by atoms with Crippen molar-refractivity contribution in [2.24, 2.45) is 29.4 Å². The van der Waals surface area contributed by atoms with Gasteiger partial charge in [0.15, 0.2) is 0 Å². The minimum Gasteiger partial charge on any atom is -0.383 e. The summed E-state index contributed by atoms with van der Waals surface area (Å²) in [7, 11) is 1.73. The zero-order valence-corrected chi connectivity index (χ0v) is 11.5. The van der Waals surface area contributed by atoms with Gasteiger partial charge in [0.05, 0.1) is 13.2 Å². The number of fused-ring (bicyclic) bond motifs is 5. The third-order valence-electron chi connectivity index (χ3n) is 5.59. The van der Waals surface area contributed by atoms with E-state index >= 15 is 0 Å². The second kappa shape index (κ2) is 4.28. The van der Waals surface area contributed by atoms with Crippen molar-refractivity contribution in [1.29, 1.82) is 0 Å². The molecular weight excluding hydrogens is 240 g/mol. The normalized spacial score (nSPS) is 38.7. The first kappa shape index (κ1) is 11.9. The highest BCUT2D eigenvalue weighted by atomic mass is 16.5. The lowest BCUT2D eigenvalue weighted by molar-refractivity contribution is 0.185. The lowest BCUT2D eigenvalue weighted by atomic mass is 10.0. The Bertz CT molecular complexity index is 470. The molecule has 5 heteroatoms. The molecule has 4 unspecified atom stereocenters. The Balaban J connectivity index is 1.60. The van der Waals surface area contributed by atoms with Gasteiger partial charge in [-0.05, 0) is 42.9 Å².